The smallest absolute Gasteiger partial charge is 0.410 e. The predicted molar refractivity (Wildman–Crippen MR) is 136 cm³/mol. The summed E-state index contributed by atoms with van der Waals surface area (Å²) >= 11 is 0. The number of carbonyl (C=O) groups excluding carboxylic acids is 1. The van der Waals surface area contributed by atoms with Crippen molar-refractivity contribution in [3.05, 3.63) is 66.6 Å². The van der Waals surface area contributed by atoms with Crippen LogP contribution in [0.15, 0.2) is 60.9 Å². The number of nitrogens with zero attached hydrogens (tertiary/aromatic N) is 3. The molecule has 8 heteroatoms. The lowest BCUT2D eigenvalue weighted by Crippen LogP contribution is -2.46. The van der Waals surface area contributed by atoms with Gasteiger partial charge in [-0.2, -0.15) is 0 Å². The maximum absolute atomic E-state index is 12.3. The van der Waals surface area contributed by atoms with E-state index in [9.17, 15) is 4.79 Å². The van der Waals surface area contributed by atoms with Crippen molar-refractivity contribution in [3.63, 3.8) is 0 Å². The molecule has 0 bridgehead atoms. The molecule has 0 aliphatic carbocycles. The van der Waals surface area contributed by atoms with Gasteiger partial charge in [0, 0.05) is 31.2 Å². The molecule has 0 atom stereocenters. The van der Waals surface area contributed by atoms with E-state index in [2.05, 4.69) is 15.3 Å². The molecule has 0 unspecified atom stereocenters. The predicted octanol–water partition coefficient (Wildman–Crippen LogP) is 5.01. The number of amides is 1. The molecule has 1 saturated heterocycles. The van der Waals surface area contributed by atoms with Crippen LogP contribution in [-0.2, 0) is 11.3 Å². The van der Waals surface area contributed by atoms with Gasteiger partial charge in [0.05, 0.1) is 5.69 Å². The van der Waals surface area contributed by atoms with Gasteiger partial charge >= 0.3 is 6.09 Å². The minimum absolute atomic E-state index is 0.249. The molecule has 1 fully saturated rings. The summed E-state index contributed by atoms with van der Waals surface area (Å²) in [5.74, 6) is 1.96. The Hall–Kier alpha value is -3.65. The highest BCUT2D eigenvalue weighted by Gasteiger charge is 2.27. The molecular weight excluding hydrogens is 442 g/mol. The van der Waals surface area contributed by atoms with Crippen molar-refractivity contribution in [1.82, 2.24) is 20.2 Å². The molecule has 1 aliphatic rings. The van der Waals surface area contributed by atoms with E-state index < -0.39 is 5.60 Å². The summed E-state index contributed by atoms with van der Waals surface area (Å²) in [4.78, 5) is 22.8. The van der Waals surface area contributed by atoms with Crippen LogP contribution in [0.1, 0.15) is 39.3 Å². The monoisotopic (exact) mass is 475 g/mol. The minimum atomic E-state index is -0.485. The van der Waals surface area contributed by atoms with Crippen LogP contribution in [0.25, 0.3) is 11.1 Å². The van der Waals surface area contributed by atoms with E-state index in [1.807, 2.05) is 75.4 Å². The Kier molecular flexibility index (Phi) is 7.51. The summed E-state index contributed by atoms with van der Waals surface area (Å²) in [6.07, 6.45) is 2.94. The first-order valence-corrected chi connectivity index (χ1v) is 11.9. The topological polar surface area (TPSA) is 103 Å². The van der Waals surface area contributed by atoms with Crippen LogP contribution in [-0.4, -0.2) is 45.7 Å². The van der Waals surface area contributed by atoms with Crippen LogP contribution in [0.5, 0.6) is 11.5 Å². The molecule has 4 rings (SSSR count). The number of hydrogen-bond acceptors (Lipinski definition) is 7. The first kappa shape index (κ1) is 24.5. The highest BCUT2D eigenvalue weighted by atomic mass is 16.6. The number of rotatable bonds is 6. The molecule has 3 aromatic rings. The average Bonchev–Trinajstić information content (AvgIpc) is 2.83. The maximum atomic E-state index is 12.3. The Morgan fingerprint density at radius 2 is 1.69 bits per heavy atom. The number of anilines is 1. The summed E-state index contributed by atoms with van der Waals surface area (Å²) < 4.78 is 11.4. The molecule has 0 spiro atoms. The minimum Gasteiger partial charge on any atom is -0.457 e. The lowest BCUT2D eigenvalue weighted by molar-refractivity contribution is 0.0198. The van der Waals surface area contributed by atoms with Crippen LogP contribution >= 0.6 is 0 Å². The van der Waals surface area contributed by atoms with E-state index in [1.54, 1.807) is 4.90 Å². The summed E-state index contributed by atoms with van der Waals surface area (Å²) in [5.41, 5.74) is 8.36. The molecule has 0 radical (unpaired) electrons. The zero-order chi connectivity index (χ0) is 24.8. The average molecular weight is 476 g/mol. The van der Waals surface area contributed by atoms with Crippen molar-refractivity contribution in [2.24, 2.45) is 0 Å². The molecule has 1 amide bonds. The molecule has 2 aromatic carbocycles. The first-order chi connectivity index (χ1) is 16.8. The molecular formula is C27H33N5O3. The van der Waals surface area contributed by atoms with Crippen LogP contribution in [0.4, 0.5) is 10.6 Å². The Balaban J connectivity index is 1.37. The molecule has 8 nitrogen and oxygen atoms in total. The number of carbonyl (C=O) groups is 1. The number of aromatic nitrogens is 2. The second kappa shape index (κ2) is 10.7. The van der Waals surface area contributed by atoms with Gasteiger partial charge in [0.2, 0.25) is 0 Å². The van der Waals surface area contributed by atoms with Crippen LogP contribution in [0.3, 0.4) is 0 Å². The highest BCUT2D eigenvalue weighted by molar-refractivity contribution is 5.76. The van der Waals surface area contributed by atoms with Gasteiger partial charge in [-0.1, -0.05) is 30.3 Å². The third kappa shape index (κ3) is 6.70. The third-order valence-electron chi connectivity index (χ3n) is 5.78. The summed E-state index contributed by atoms with van der Waals surface area (Å²) in [6.45, 7) is 7.53. The zero-order valence-electron chi connectivity index (χ0n) is 20.5. The summed E-state index contributed by atoms with van der Waals surface area (Å²) in [7, 11) is 0. The van der Waals surface area contributed by atoms with E-state index in [0.29, 0.717) is 25.5 Å². The molecule has 2 heterocycles. The van der Waals surface area contributed by atoms with Crippen molar-refractivity contribution >= 4 is 11.9 Å². The largest absolute Gasteiger partial charge is 0.457 e. The highest BCUT2D eigenvalue weighted by Crippen LogP contribution is 2.30. The van der Waals surface area contributed by atoms with Gasteiger partial charge in [-0.15, -0.1) is 0 Å². The van der Waals surface area contributed by atoms with Crippen molar-refractivity contribution in [2.45, 2.75) is 51.8 Å². The number of nitrogen functional groups attached to an aromatic ring is 1. The van der Waals surface area contributed by atoms with E-state index in [0.717, 1.165) is 41.2 Å². The van der Waals surface area contributed by atoms with E-state index >= 15 is 0 Å². The standard InChI is InChI=1S/C27H33N5O3/c1-27(2,3)35-26(33)32-15-13-20(14-16-32)29-17-23-24(25(28)31-18-30-23)19-9-11-22(12-10-19)34-21-7-5-4-6-8-21/h4-12,18,20,29H,13-17H2,1-3H3,(H2,28,30,31). The number of nitrogens with two attached hydrogens (primary N) is 1. The number of piperidine rings is 1. The second-order valence-corrected chi connectivity index (χ2v) is 9.64. The molecule has 184 valence electrons. The summed E-state index contributed by atoms with van der Waals surface area (Å²) in [6, 6.07) is 17.7. The number of para-hydroxylation sites is 1. The van der Waals surface area contributed by atoms with E-state index in [-0.39, 0.29) is 12.1 Å². The lowest BCUT2D eigenvalue weighted by Gasteiger charge is -2.33. The SMILES string of the molecule is CC(C)(C)OC(=O)N1CCC(NCc2ncnc(N)c2-c2ccc(Oc3ccccc3)cc2)CC1. The third-order valence-corrected chi connectivity index (χ3v) is 5.78. The number of nitrogens with one attached hydrogen (secondary N) is 1. The Morgan fingerprint density at radius 3 is 2.34 bits per heavy atom. The Labute approximate surface area is 206 Å². The van der Waals surface area contributed by atoms with Crippen molar-refractivity contribution < 1.29 is 14.3 Å². The molecule has 1 aromatic heterocycles. The van der Waals surface area contributed by atoms with Crippen LogP contribution in [0, 0.1) is 0 Å². The van der Waals surface area contributed by atoms with Gasteiger partial charge in [0.15, 0.2) is 0 Å². The van der Waals surface area contributed by atoms with Crippen molar-refractivity contribution in [1.29, 1.82) is 0 Å². The first-order valence-electron chi connectivity index (χ1n) is 11.9. The quantitative estimate of drug-likeness (QED) is 0.517. The number of ether oxygens (including phenoxy) is 2. The van der Waals surface area contributed by atoms with Gasteiger partial charge < -0.3 is 25.4 Å². The van der Waals surface area contributed by atoms with Gasteiger partial charge in [-0.3, -0.25) is 0 Å². The Morgan fingerprint density at radius 1 is 1.03 bits per heavy atom. The number of benzene rings is 2. The fourth-order valence-corrected chi connectivity index (χ4v) is 4.03. The van der Waals surface area contributed by atoms with Gasteiger partial charge in [-0.25, -0.2) is 14.8 Å². The van der Waals surface area contributed by atoms with Gasteiger partial charge in [0.1, 0.15) is 29.2 Å². The molecule has 35 heavy (non-hydrogen) atoms. The Bertz CT molecular complexity index is 1120. The molecule has 3 N–H and O–H groups in total. The number of hydrogen-bond donors (Lipinski definition) is 2. The molecule has 1 aliphatic heterocycles. The second-order valence-electron chi connectivity index (χ2n) is 9.64. The van der Waals surface area contributed by atoms with E-state index in [4.69, 9.17) is 15.2 Å². The van der Waals surface area contributed by atoms with Gasteiger partial charge in [-0.05, 0) is 63.4 Å². The van der Waals surface area contributed by atoms with Crippen LogP contribution in [0.2, 0.25) is 0 Å². The zero-order valence-corrected chi connectivity index (χ0v) is 20.5. The fraction of sp³-hybridized carbons (Fsp3) is 0.370. The summed E-state index contributed by atoms with van der Waals surface area (Å²) in [5, 5.41) is 3.58. The van der Waals surface area contributed by atoms with Crippen molar-refractivity contribution in [2.75, 3.05) is 18.8 Å². The maximum Gasteiger partial charge on any atom is 0.410 e. The van der Waals surface area contributed by atoms with Crippen LogP contribution < -0.4 is 15.8 Å². The van der Waals surface area contributed by atoms with Gasteiger partial charge in [0.25, 0.3) is 0 Å². The van der Waals surface area contributed by atoms with E-state index in [1.165, 1.54) is 6.33 Å². The lowest BCUT2D eigenvalue weighted by atomic mass is 10.0. The van der Waals surface area contributed by atoms with Crippen molar-refractivity contribution in [3.8, 4) is 22.6 Å². The number of likely N-dealkylation sites (tertiary alicyclic amines) is 1. The normalized spacial score (nSPS) is 14.5. The fourth-order valence-electron chi connectivity index (χ4n) is 4.03. The molecule has 0 saturated carbocycles.